The predicted molar refractivity (Wildman–Crippen MR) is 72.5 cm³/mol. The van der Waals surface area contributed by atoms with Gasteiger partial charge >= 0.3 is 0 Å². The highest BCUT2D eigenvalue weighted by molar-refractivity contribution is 5.73. The first-order chi connectivity index (χ1) is 8.55. The molecule has 0 saturated carbocycles. The zero-order valence-electron chi connectivity index (χ0n) is 11.0. The van der Waals surface area contributed by atoms with Crippen LogP contribution in [0.5, 0.6) is 11.5 Å². The minimum absolute atomic E-state index is 0.361. The van der Waals surface area contributed by atoms with Crippen LogP contribution < -0.4 is 20.1 Å². The van der Waals surface area contributed by atoms with Gasteiger partial charge in [0, 0.05) is 25.2 Å². The fraction of sp³-hybridized carbons (Fsp3) is 0.571. The Kier molecular flexibility index (Phi) is 2.54. The number of fused-ring (bicyclic) bond motifs is 1. The van der Waals surface area contributed by atoms with Crippen molar-refractivity contribution in [2.75, 3.05) is 36.9 Å². The summed E-state index contributed by atoms with van der Waals surface area (Å²) in [6.07, 6.45) is 1.20. The molecule has 1 aromatic carbocycles. The number of nitrogen functional groups attached to an aromatic ring is 1. The lowest BCUT2D eigenvalue weighted by atomic mass is 9.93. The van der Waals surface area contributed by atoms with Crippen molar-refractivity contribution < 1.29 is 9.47 Å². The number of ether oxygens (including phenoxy) is 2. The second kappa shape index (κ2) is 3.97. The lowest BCUT2D eigenvalue weighted by molar-refractivity contribution is 0.172. The molecule has 0 radical (unpaired) electrons. The number of rotatable bonds is 1. The van der Waals surface area contributed by atoms with E-state index in [0.717, 1.165) is 36.0 Å². The second-order valence-corrected chi connectivity index (χ2v) is 5.89. The summed E-state index contributed by atoms with van der Waals surface area (Å²) in [5.41, 5.74) is 8.35. The van der Waals surface area contributed by atoms with Crippen molar-refractivity contribution in [2.45, 2.75) is 20.3 Å². The predicted octanol–water partition coefficient (Wildman–Crippen LogP) is 2.28. The maximum atomic E-state index is 6.14. The summed E-state index contributed by atoms with van der Waals surface area (Å²) in [6.45, 7) is 7.89. The minimum atomic E-state index is 0.361. The Bertz CT molecular complexity index is 471. The smallest absolute Gasteiger partial charge is 0.163 e. The Hall–Kier alpha value is -1.58. The van der Waals surface area contributed by atoms with E-state index in [1.807, 2.05) is 12.1 Å². The Labute approximate surface area is 108 Å². The van der Waals surface area contributed by atoms with Crippen LogP contribution in [0, 0.1) is 5.41 Å². The SMILES string of the molecule is CC1(C)CCN(c2cc3c(cc2N)OCCO3)C1. The first-order valence-corrected chi connectivity index (χ1v) is 6.49. The van der Waals surface area contributed by atoms with Gasteiger partial charge < -0.3 is 20.1 Å². The summed E-state index contributed by atoms with van der Waals surface area (Å²) >= 11 is 0. The fourth-order valence-corrected chi connectivity index (χ4v) is 2.69. The largest absolute Gasteiger partial charge is 0.486 e. The lowest BCUT2D eigenvalue weighted by Crippen LogP contribution is -2.24. The van der Waals surface area contributed by atoms with E-state index in [1.54, 1.807) is 0 Å². The first-order valence-electron chi connectivity index (χ1n) is 6.49. The molecule has 2 N–H and O–H groups in total. The lowest BCUT2D eigenvalue weighted by Gasteiger charge is -2.26. The van der Waals surface area contributed by atoms with Crippen molar-refractivity contribution in [3.8, 4) is 11.5 Å². The van der Waals surface area contributed by atoms with Crippen LogP contribution in [0.2, 0.25) is 0 Å². The maximum Gasteiger partial charge on any atom is 0.163 e. The highest BCUT2D eigenvalue weighted by Crippen LogP contribution is 2.41. The summed E-state index contributed by atoms with van der Waals surface area (Å²) in [5.74, 6) is 1.58. The van der Waals surface area contributed by atoms with Crippen LogP contribution in [0.15, 0.2) is 12.1 Å². The molecule has 4 nitrogen and oxygen atoms in total. The molecule has 1 fully saturated rings. The molecule has 18 heavy (non-hydrogen) atoms. The molecule has 1 saturated heterocycles. The van der Waals surface area contributed by atoms with Gasteiger partial charge in [-0.2, -0.15) is 0 Å². The summed E-state index contributed by atoms with van der Waals surface area (Å²) in [4.78, 5) is 2.34. The third-order valence-corrected chi connectivity index (χ3v) is 3.71. The number of nitrogens with two attached hydrogens (primary N) is 1. The van der Waals surface area contributed by atoms with Gasteiger partial charge in [0.15, 0.2) is 11.5 Å². The van der Waals surface area contributed by atoms with E-state index in [1.165, 1.54) is 6.42 Å². The normalized spacial score (nSPS) is 21.1. The van der Waals surface area contributed by atoms with Crippen molar-refractivity contribution in [3.63, 3.8) is 0 Å². The second-order valence-electron chi connectivity index (χ2n) is 5.89. The molecule has 2 aliphatic rings. The Morgan fingerprint density at radius 2 is 1.83 bits per heavy atom. The van der Waals surface area contributed by atoms with Gasteiger partial charge in [0.05, 0.1) is 11.4 Å². The van der Waals surface area contributed by atoms with Crippen molar-refractivity contribution in [3.05, 3.63) is 12.1 Å². The monoisotopic (exact) mass is 248 g/mol. The van der Waals surface area contributed by atoms with Crippen LogP contribution in [0.3, 0.4) is 0 Å². The van der Waals surface area contributed by atoms with Crippen molar-refractivity contribution in [2.24, 2.45) is 5.41 Å². The van der Waals surface area contributed by atoms with Gasteiger partial charge in [0.25, 0.3) is 0 Å². The third-order valence-electron chi connectivity index (χ3n) is 3.71. The Morgan fingerprint density at radius 1 is 1.17 bits per heavy atom. The average Bonchev–Trinajstić information content (AvgIpc) is 2.68. The summed E-state index contributed by atoms with van der Waals surface area (Å²) in [6, 6.07) is 3.90. The zero-order valence-corrected chi connectivity index (χ0v) is 11.0. The van der Waals surface area contributed by atoms with Crippen LogP contribution in [0.4, 0.5) is 11.4 Å². The number of benzene rings is 1. The molecule has 0 aromatic heterocycles. The highest BCUT2D eigenvalue weighted by Gasteiger charge is 2.31. The third kappa shape index (κ3) is 1.96. The van der Waals surface area contributed by atoms with E-state index in [2.05, 4.69) is 18.7 Å². The number of hydrogen-bond acceptors (Lipinski definition) is 4. The van der Waals surface area contributed by atoms with E-state index in [4.69, 9.17) is 15.2 Å². The van der Waals surface area contributed by atoms with E-state index in [-0.39, 0.29) is 0 Å². The molecule has 0 amide bonds. The quantitative estimate of drug-likeness (QED) is 0.775. The molecular weight excluding hydrogens is 228 g/mol. The summed E-state index contributed by atoms with van der Waals surface area (Å²) in [5, 5.41) is 0. The van der Waals surface area contributed by atoms with E-state index in [0.29, 0.717) is 18.6 Å². The minimum Gasteiger partial charge on any atom is -0.486 e. The van der Waals surface area contributed by atoms with E-state index >= 15 is 0 Å². The number of nitrogens with zero attached hydrogens (tertiary/aromatic N) is 1. The van der Waals surface area contributed by atoms with E-state index < -0.39 is 0 Å². The van der Waals surface area contributed by atoms with Crippen LogP contribution in [-0.2, 0) is 0 Å². The van der Waals surface area contributed by atoms with Gasteiger partial charge in [-0.1, -0.05) is 13.8 Å². The van der Waals surface area contributed by atoms with Gasteiger partial charge in [-0.25, -0.2) is 0 Å². The molecule has 98 valence electrons. The molecule has 2 heterocycles. The average molecular weight is 248 g/mol. The van der Waals surface area contributed by atoms with Gasteiger partial charge in [0.1, 0.15) is 13.2 Å². The van der Waals surface area contributed by atoms with Crippen molar-refractivity contribution in [1.82, 2.24) is 0 Å². The molecule has 0 bridgehead atoms. The van der Waals surface area contributed by atoms with Crippen molar-refractivity contribution in [1.29, 1.82) is 0 Å². The van der Waals surface area contributed by atoms with Gasteiger partial charge in [0.2, 0.25) is 0 Å². The molecule has 2 aliphatic heterocycles. The number of anilines is 2. The Morgan fingerprint density at radius 3 is 2.44 bits per heavy atom. The van der Waals surface area contributed by atoms with Gasteiger partial charge in [-0.15, -0.1) is 0 Å². The molecule has 0 spiro atoms. The van der Waals surface area contributed by atoms with E-state index in [9.17, 15) is 0 Å². The van der Waals surface area contributed by atoms with Crippen LogP contribution in [0.1, 0.15) is 20.3 Å². The molecule has 0 atom stereocenters. The van der Waals surface area contributed by atoms with Crippen LogP contribution in [0.25, 0.3) is 0 Å². The molecule has 1 aromatic rings. The van der Waals surface area contributed by atoms with Crippen LogP contribution >= 0.6 is 0 Å². The number of hydrogen-bond donors (Lipinski definition) is 1. The topological polar surface area (TPSA) is 47.7 Å². The summed E-state index contributed by atoms with van der Waals surface area (Å²) < 4.78 is 11.2. The standard InChI is InChI=1S/C14H20N2O2/c1-14(2)3-4-16(9-14)11-8-13-12(7-10(11)15)17-5-6-18-13/h7-8H,3-6,9,15H2,1-2H3. The highest BCUT2D eigenvalue weighted by atomic mass is 16.6. The molecule has 4 heteroatoms. The zero-order chi connectivity index (χ0) is 12.8. The maximum absolute atomic E-state index is 6.14. The molecule has 0 unspecified atom stereocenters. The molecular formula is C14H20N2O2. The Balaban J connectivity index is 1.93. The van der Waals surface area contributed by atoms with Gasteiger partial charge in [-0.05, 0) is 11.8 Å². The fourth-order valence-electron chi connectivity index (χ4n) is 2.69. The van der Waals surface area contributed by atoms with Gasteiger partial charge in [-0.3, -0.25) is 0 Å². The van der Waals surface area contributed by atoms with Crippen molar-refractivity contribution >= 4 is 11.4 Å². The summed E-state index contributed by atoms with van der Waals surface area (Å²) in [7, 11) is 0. The molecule has 0 aliphatic carbocycles. The molecule has 3 rings (SSSR count). The first kappa shape index (κ1) is 11.5. The van der Waals surface area contributed by atoms with Crippen LogP contribution in [-0.4, -0.2) is 26.3 Å².